The Balaban J connectivity index is 2.17. The summed E-state index contributed by atoms with van der Waals surface area (Å²) in [5.74, 6) is 0.927. The van der Waals surface area contributed by atoms with Gasteiger partial charge in [0.2, 0.25) is 0 Å². The zero-order valence-electron chi connectivity index (χ0n) is 15.5. The monoisotopic (exact) mass is 345 g/mol. The molecule has 1 fully saturated rings. The summed E-state index contributed by atoms with van der Waals surface area (Å²) < 4.78 is 10.4. The first-order chi connectivity index (χ1) is 11.9. The Bertz CT molecular complexity index is 714. The molecule has 1 N–H and O–H groups in total. The number of carbonyl (C=O) groups excluding carboxylic acids is 1. The Hall–Kier alpha value is -2.01. The number of carbonyl (C=O) groups is 1. The van der Waals surface area contributed by atoms with Crippen molar-refractivity contribution in [2.75, 3.05) is 27.8 Å². The van der Waals surface area contributed by atoms with E-state index in [0.717, 1.165) is 30.5 Å². The topological polar surface area (TPSA) is 59.0 Å². The standard InChI is InChI=1S/C20H27NO4/c1-12-15-10-14-6-7-17(25-5)19(23)18(14)20(12,8-9-21(15)3)11-16(22)13(2)24-4/h6-7,12,15,23H,2,8-11H2,1,3-5H3/t12-,15+,20-/m1/s1. The predicted octanol–water partition coefficient (Wildman–Crippen LogP) is 2.65. The molecule has 0 radical (unpaired) electrons. The molecule has 25 heavy (non-hydrogen) atoms. The lowest BCUT2D eigenvalue weighted by atomic mass is 9.56. The molecular weight excluding hydrogens is 318 g/mol. The van der Waals surface area contributed by atoms with Gasteiger partial charge in [-0.05, 0) is 44.0 Å². The quantitative estimate of drug-likeness (QED) is 0.657. The highest BCUT2D eigenvalue weighted by atomic mass is 16.5. The number of allylic oxidation sites excluding steroid dienone is 1. The smallest absolute Gasteiger partial charge is 0.197 e. The summed E-state index contributed by atoms with van der Waals surface area (Å²) in [7, 11) is 5.15. The van der Waals surface area contributed by atoms with Crippen LogP contribution in [0.25, 0.3) is 0 Å². The van der Waals surface area contributed by atoms with Crippen LogP contribution >= 0.6 is 0 Å². The third-order valence-corrected chi connectivity index (χ3v) is 6.33. The van der Waals surface area contributed by atoms with Crippen LogP contribution < -0.4 is 4.74 Å². The minimum absolute atomic E-state index is 0.104. The van der Waals surface area contributed by atoms with E-state index in [0.29, 0.717) is 18.2 Å². The largest absolute Gasteiger partial charge is 0.504 e. The minimum Gasteiger partial charge on any atom is -0.504 e. The molecule has 0 unspecified atom stereocenters. The lowest BCUT2D eigenvalue weighted by Gasteiger charge is -2.55. The average molecular weight is 345 g/mol. The van der Waals surface area contributed by atoms with Crippen LogP contribution in [0.2, 0.25) is 0 Å². The molecular formula is C20H27NO4. The number of likely N-dealkylation sites (tertiary alicyclic amines) is 1. The van der Waals surface area contributed by atoms with E-state index in [1.807, 2.05) is 12.1 Å². The van der Waals surface area contributed by atoms with Crippen LogP contribution in [0.15, 0.2) is 24.5 Å². The molecule has 0 saturated carbocycles. The summed E-state index contributed by atoms with van der Waals surface area (Å²) in [4.78, 5) is 15.1. The summed E-state index contributed by atoms with van der Waals surface area (Å²) in [6.45, 7) is 6.80. The van der Waals surface area contributed by atoms with E-state index in [9.17, 15) is 9.90 Å². The highest BCUT2D eigenvalue weighted by Gasteiger charge is 2.53. The Morgan fingerprint density at radius 3 is 2.80 bits per heavy atom. The molecule has 1 aromatic carbocycles. The first-order valence-electron chi connectivity index (χ1n) is 8.71. The van der Waals surface area contributed by atoms with Gasteiger partial charge in [0.1, 0.15) is 0 Å². The molecule has 3 rings (SSSR count). The molecule has 2 bridgehead atoms. The van der Waals surface area contributed by atoms with E-state index in [1.165, 1.54) is 7.11 Å². The lowest BCUT2D eigenvalue weighted by molar-refractivity contribution is -0.121. The van der Waals surface area contributed by atoms with Gasteiger partial charge < -0.3 is 19.5 Å². The number of hydrogen-bond acceptors (Lipinski definition) is 5. The van der Waals surface area contributed by atoms with Gasteiger partial charge in [0.05, 0.1) is 14.2 Å². The number of methoxy groups -OCH3 is 2. The fraction of sp³-hybridized carbons (Fsp3) is 0.550. The van der Waals surface area contributed by atoms with Crippen molar-refractivity contribution in [1.29, 1.82) is 0 Å². The van der Waals surface area contributed by atoms with Crippen LogP contribution in [-0.2, 0) is 21.4 Å². The first kappa shape index (κ1) is 17.8. The number of phenols is 1. The third-order valence-electron chi connectivity index (χ3n) is 6.33. The van der Waals surface area contributed by atoms with Gasteiger partial charge in [0.15, 0.2) is 23.0 Å². The van der Waals surface area contributed by atoms with E-state index < -0.39 is 5.41 Å². The first-order valence-corrected chi connectivity index (χ1v) is 8.71. The molecule has 5 nitrogen and oxygen atoms in total. The van der Waals surface area contributed by atoms with E-state index in [1.54, 1.807) is 7.11 Å². The number of phenolic OH excluding ortho intramolecular Hbond substituents is 1. The normalized spacial score (nSPS) is 28.2. The maximum absolute atomic E-state index is 12.7. The Morgan fingerprint density at radius 1 is 1.44 bits per heavy atom. The van der Waals surface area contributed by atoms with E-state index >= 15 is 0 Å². The van der Waals surface area contributed by atoms with E-state index in [4.69, 9.17) is 9.47 Å². The Kier molecular flexibility index (Phi) is 4.54. The number of likely N-dealkylation sites (N-methyl/N-ethyl adjacent to an activating group) is 1. The van der Waals surface area contributed by atoms with Gasteiger partial charge in [-0.1, -0.05) is 19.6 Å². The molecule has 0 spiro atoms. The van der Waals surface area contributed by atoms with Gasteiger partial charge in [-0.25, -0.2) is 0 Å². The predicted molar refractivity (Wildman–Crippen MR) is 96.0 cm³/mol. The van der Waals surface area contributed by atoms with Crippen molar-refractivity contribution in [2.45, 2.75) is 37.6 Å². The van der Waals surface area contributed by atoms with Crippen LogP contribution in [0, 0.1) is 5.92 Å². The summed E-state index contributed by atoms with van der Waals surface area (Å²) >= 11 is 0. The number of ketones is 1. The van der Waals surface area contributed by atoms with Crippen LogP contribution in [0.3, 0.4) is 0 Å². The maximum Gasteiger partial charge on any atom is 0.197 e. The lowest BCUT2D eigenvalue weighted by Crippen LogP contribution is -2.58. The van der Waals surface area contributed by atoms with Gasteiger partial charge in [-0.15, -0.1) is 0 Å². The molecule has 1 saturated heterocycles. The average Bonchev–Trinajstić information content (AvgIpc) is 2.60. The molecule has 1 aliphatic carbocycles. The van der Waals surface area contributed by atoms with Crippen molar-refractivity contribution in [3.05, 3.63) is 35.6 Å². The molecule has 5 heteroatoms. The molecule has 0 aromatic heterocycles. The van der Waals surface area contributed by atoms with Crippen molar-refractivity contribution in [1.82, 2.24) is 4.90 Å². The van der Waals surface area contributed by atoms with Crippen molar-refractivity contribution in [3.8, 4) is 11.5 Å². The van der Waals surface area contributed by atoms with Crippen molar-refractivity contribution < 1.29 is 19.4 Å². The number of fused-ring (bicyclic) bond motifs is 4. The van der Waals surface area contributed by atoms with E-state index in [-0.39, 0.29) is 23.2 Å². The van der Waals surface area contributed by atoms with Gasteiger partial charge in [0, 0.05) is 23.4 Å². The second kappa shape index (κ2) is 6.37. The zero-order valence-corrected chi connectivity index (χ0v) is 15.5. The van der Waals surface area contributed by atoms with Crippen molar-refractivity contribution >= 4 is 5.78 Å². The number of Topliss-reactive ketones (excluding diaryl/α,β-unsaturated/α-hetero) is 1. The number of benzene rings is 1. The van der Waals surface area contributed by atoms with Crippen LogP contribution in [0.1, 0.15) is 30.9 Å². The molecule has 0 amide bonds. The molecule has 3 atom stereocenters. The molecule has 2 aliphatic rings. The number of hydrogen-bond donors (Lipinski definition) is 1. The zero-order chi connectivity index (χ0) is 18.4. The number of ether oxygens (including phenoxy) is 2. The minimum atomic E-state index is -0.429. The second-order valence-corrected chi connectivity index (χ2v) is 7.32. The summed E-state index contributed by atoms with van der Waals surface area (Å²) in [5.41, 5.74) is 1.55. The maximum atomic E-state index is 12.7. The fourth-order valence-corrected chi connectivity index (χ4v) is 4.77. The van der Waals surface area contributed by atoms with Crippen molar-refractivity contribution in [3.63, 3.8) is 0 Å². The van der Waals surface area contributed by atoms with Crippen LogP contribution in [0.4, 0.5) is 0 Å². The number of nitrogens with zero attached hydrogens (tertiary/aromatic N) is 1. The summed E-state index contributed by atoms with van der Waals surface area (Å²) in [5, 5.41) is 10.9. The van der Waals surface area contributed by atoms with Crippen LogP contribution in [-0.4, -0.2) is 49.6 Å². The second-order valence-electron chi connectivity index (χ2n) is 7.32. The van der Waals surface area contributed by atoms with E-state index in [2.05, 4.69) is 25.5 Å². The summed E-state index contributed by atoms with van der Waals surface area (Å²) in [6, 6.07) is 4.18. The highest BCUT2D eigenvalue weighted by Crippen LogP contribution is 2.55. The molecule has 1 aliphatic heterocycles. The molecule has 1 heterocycles. The van der Waals surface area contributed by atoms with Gasteiger partial charge in [-0.2, -0.15) is 0 Å². The number of rotatable bonds is 5. The van der Waals surface area contributed by atoms with Crippen molar-refractivity contribution in [2.24, 2.45) is 5.92 Å². The SMILES string of the molecule is C=C(OC)C(=O)C[C@@]12CCN(C)[C@@H](Cc3ccc(OC)c(O)c31)[C@H]2C. The molecule has 1 aromatic rings. The van der Waals surface area contributed by atoms with Gasteiger partial charge in [0.25, 0.3) is 0 Å². The van der Waals surface area contributed by atoms with Gasteiger partial charge >= 0.3 is 0 Å². The third kappa shape index (κ3) is 2.61. The van der Waals surface area contributed by atoms with Crippen LogP contribution in [0.5, 0.6) is 11.5 Å². The van der Waals surface area contributed by atoms with Gasteiger partial charge in [-0.3, -0.25) is 4.79 Å². The number of piperidine rings is 1. The summed E-state index contributed by atoms with van der Waals surface area (Å²) in [6.07, 6.45) is 1.96. The number of aromatic hydroxyl groups is 1. The fourth-order valence-electron chi connectivity index (χ4n) is 4.77. The molecule has 136 valence electrons. The Labute approximate surface area is 149 Å². The highest BCUT2D eigenvalue weighted by molar-refractivity contribution is 5.94. The Morgan fingerprint density at radius 2 is 2.16 bits per heavy atom.